The second kappa shape index (κ2) is 5.07. The molecule has 1 aromatic rings. The van der Waals surface area contributed by atoms with Gasteiger partial charge in [0.25, 0.3) is 5.91 Å². The van der Waals surface area contributed by atoms with E-state index in [1.54, 1.807) is 0 Å². The van der Waals surface area contributed by atoms with Gasteiger partial charge in [0, 0.05) is 6.61 Å². The van der Waals surface area contributed by atoms with Gasteiger partial charge in [-0.2, -0.15) is 0 Å². The Balaban J connectivity index is 1.99. The van der Waals surface area contributed by atoms with Crippen LogP contribution in [0.4, 0.5) is 5.82 Å². The van der Waals surface area contributed by atoms with Crippen molar-refractivity contribution in [1.82, 2.24) is 15.3 Å². The van der Waals surface area contributed by atoms with E-state index in [1.165, 1.54) is 12.4 Å². The van der Waals surface area contributed by atoms with E-state index >= 15 is 0 Å². The van der Waals surface area contributed by atoms with E-state index in [9.17, 15) is 4.79 Å². The van der Waals surface area contributed by atoms with E-state index in [0.717, 1.165) is 6.42 Å². The van der Waals surface area contributed by atoms with Crippen molar-refractivity contribution >= 4 is 11.7 Å². The Morgan fingerprint density at radius 1 is 1.53 bits per heavy atom. The third-order valence-electron chi connectivity index (χ3n) is 2.73. The van der Waals surface area contributed by atoms with Crippen molar-refractivity contribution in [3.8, 4) is 0 Å². The second-order valence-electron chi connectivity index (χ2n) is 3.88. The fraction of sp³-hybridized carbons (Fsp3) is 0.500. The molecule has 92 valence electrons. The maximum Gasteiger partial charge on any atom is 0.271 e. The second-order valence-corrected chi connectivity index (χ2v) is 3.88. The van der Waals surface area contributed by atoms with Crippen molar-refractivity contribution in [3.05, 3.63) is 18.1 Å². The smallest absolute Gasteiger partial charge is 0.271 e. The van der Waals surface area contributed by atoms with E-state index in [0.29, 0.717) is 12.4 Å². The van der Waals surface area contributed by atoms with Gasteiger partial charge < -0.3 is 15.5 Å². The number of hydrogen-bond donors (Lipinski definition) is 3. The van der Waals surface area contributed by atoms with Gasteiger partial charge in [0.2, 0.25) is 0 Å². The SMILES string of the molecule is CC1OCCC1NC(=O)c1cnc(NN)cn1. The molecule has 0 aromatic carbocycles. The molecule has 0 aliphatic carbocycles. The normalized spacial score (nSPS) is 23.4. The Hall–Kier alpha value is -1.73. The van der Waals surface area contributed by atoms with E-state index < -0.39 is 0 Å². The van der Waals surface area contributed by atoms with Crippen LogP contribution in [0.25, 0.3) is 0 Å². The molecular weight excluding hydrogens is 222 g/mol. The Labute approximate surface area is 98.7 Å². The molecule has 1 aliphatic rings. The molecule has 1 fully saturated rings. The number of nitrogens with one attached hydrogen (secondary N) is 2. The Morgan fingerprint density at radius 3 is 2.88 bits per heavy atom. The van der Waals surface area contributed by atoms with Gasteiger partial charge in [0.05, 0.1) is 24.5 Å². The third-order valence-corrected chi connectivity index (χ3v) is 2.73. The molecule has 2 unspecified atom stereocenters. The van der Waals surface area contributed by atoms with Crippen molar-refractivity contribution in [1.29, 1.82) is 0 Å². The number of anilines is 1. The van der Waals surface area contributed by atoms with Crippen LogP contribution >= 0.6 is 0 Å². The van der Waals surface area contributed by atoms with Crippen LogP contribution in [-0.2, 0) is 4.74 Å². The van der Waals surface area contributed by atoms with Gasteiger partial charge in [-0.1, -0.05) is 0 Å². The zero-order valence-corrected chi connectivity index (χ0v) is 9.51. The van der Waals surface area contributed by atoms with E-state index in [-0.39, 0.29) is 23.7 Å². The minimum atomic E-state index is -0.247. The molecule has 0 spiro atoms. The Kier molecular flexibility index (Phi) is 3.50. The molecule has 1 aliphatic heterocycles. The highest BCUT2D eigenvalue weighted by molar-refractivity contribution is 5.92. The largest absolute Gasteiger partial charge is 0.376 e. The molecule has 7 nitrogen and oxygen atoms in total. The molecule has 2 rings (SSSR count). The van der Waals surface area contributed by atoms with Crippen LogP contribution < -0.4 is 16.6 Å². The fourth-order valence-electron chi connectivity index (χ4n) is 1.68. The van der Waals surface area contributed by atoms with Gasteiger partial charge in [0.1, 0.15) is 5.69 Å². The first-order chi connectivity index (χ1) is 8.20. The number of hydrazine groups is 1. The molecule has 0 saturated carbocycles. The number of carbonyl (C=O) groups excluding carboxylic acids is 1. The molecule has 2 heterocycles. The molecule has 1 amide bonds. The standard InChI is InChI=1S/C10H15N5O2/c1-6-7(2-3-17-6)14-10(16)8-4-13-9(15-11)5-12-8/h4-7H,2-3,11H2,1H3,(H,13,15)(H,14,16). The summed E-state index contributed by atoms with van der Waals surface area (Å²) in [7, 11) is 0. The summed E-state index contributed by atoms with van der Waals surface area (Å²) in [4.78, 5) is 19.7. The first kappa shape index (κ1) is 11.7. The van der Waals surface area contributed by atoms with Crippen LogP contribution in [0.3, 0.4) is 0 Å². The average Bonchev–Trinajstić information content (AvgIpc) is 2.75. The zero-order valence-electron chi connectivity index (χ0n) is 9.51. The first-order valence-electron chi connectivity index (χ1n) is 5.42. The highest BCUT2D eigenvalue weighted by Gasteiger charge is 2.26. The highest BCUT2D eigenvalue weighted by atomic mass is 16.5. The van der Waals surface area contributed by atoms with Crippen molar-refractivity contribution in [2.45, 2.75) is 25.5 Å². The van der Waals surface area contributed by atoms with Crippen molar-refractivity contribution in [2.24, 2.45) is 5.84 Å². The van der Waals surface area contributed by atoms with Crippen LogP contribution in [0.15, 0.2) is 12.4 Å². The molecule has 1 saturated heterocycles. The fourth-order valence-corrected chi connectivity index (χ4v) is 1.68. The highest BCUT2D eigenvalue weighted by Crippen LogP contribution is 2.13. The molecule has 17 heavy (non-hydrogen) atoms. The number of nitrogen functional groups attached to an aromatic ring is 1. The molecule has 7 heteroatoms. The number of ether oxygens (including phenoxy) is 1. The van der Waals surface area contributed by atoms with Crippen molar-refractivity contribution < 1.29 is 9.53 Å². The molecular formula is C10H15N5O2. The van der Waals surface area contributed by atoms with Crippen LogP contribution in [0.2, 0.25) is 0 Å². The summed E-state index contributed by atoms with van der Waals surface area (Å²) in [5, 5.41) is 2.86. The van der Waals surface area contributed by atoms with Crippen LogP contribution in [0.1, 0.15) is 23.8 Å². The van der Waals surface area contributed by atoms with Crippen molar-refractivity contribution in [3.63, 3.8) is 0 Å². The third kappa shape index (κ3) is 2.69. The molecule has 4 N–H and O–H groups in total. The minimum Gasteiger partial charge on any atom is -0.376 e. The minimum absolute atomic E-state index is 0.0385. The summed E-state index contributed by atoms with van der Waals surface area (Å²) in [5.41, 5.74) is 2.61. The van der Waals surface area contributed by atoms with Crippen LogP contribution in [0.5, 0.6) is 0 Å². The number of amides is 1. The van der Waals surface area contributed by atoms with Gasteiger partial charge in [0.15, 0.2) is 5.82 Å². The lowest BCUT2D eigenvalue weighted by molar-refractivity contribution is 0.0861. The maximum atomic E-state index is 11.8. The summed E-state index contributed by atoms with van der Waals surface area (Å²) >= 11 is 0. The summed E-state index contributed by atoms with van der Waals surface area (Å²) in [6.45, 7) is 2.61. The van der Waals surface area contributed by atoms with Crippen LogP contribution in [-0.4, -0.2) is 34.6 Å². The number of rotatable bonds is 3. The van der Waals surface area contributed by atoms with Crippen molar-refractivity contribution in [2.75, 3.05) is 12.0 Å². The zero-order chi connectivity index (χ0) is 12.3. The van der Waals surface area contributed by atoms with Gasteiger partial charge in [-0.3, -0.25) is 4.79 Å². The van der Waals surface area contributed by atoms with E-state index in [2.05, 4.69) is 20.7 Å². The summed E-state index contributed by atoms with van der Waals surface area (Å²) in [6, 6.07) is 0.0385. The first-order valence-corrected chi connectivity index (χ1v) is 5.42. The summed E-state index contributed by atoms with van der Waals surface area (Å²) < 4.78 is 5.36. The number of aromatic nitrogens is 2. The Morgan fingerprint density at radius 2 is 2.35 bits per heavy atom. The van der Waals surface area contributed by atoms with Gasteiger partial charge in [-0.25, -0.2) is 15.8 Å². The number of nitrogens with zero attached hydrogens (tertiary/aromatic N) is 2. The van der Waals surface area contributed by atoms with E-state index in [4.69, 9.17) is 10.6 Å². The lowest BCUT2D eigenvalue weighted by Crippen LogP contribution is -2.39. The summed E-state index contributed by atoms with van der Waals surface area (Å²) in [5.74, 6) is 5.33. The lowest BCUT2D eigenvalue weighted by Gasteiger charge is -2.15. The van der Waals surface area contributed by atoms with Crippen LogP contribution in [0, 0.1) is 0 Å². The molecule has 0 bridgehead atoms. The maximum absolute atomic E-state index is 11.8. The number of carbonyl (C=O) groups is 1. The van der Waals surface area contributed by atoms with Gasteiger partial charge in [-0.15, -0.1) is 0 Å². The predicted octanol–water partition coefficient (Wildman–Crippen LogP) is -0.331. The number of hydrogen-bond acceptors (Lipinski definition) is 6. The molecule has 1 aromatic heterocycles. The summed E-state index contributed by atoms with van der Waals surface area (Å²) in [6.07, 6.45) is 3.65. The molecule has 0 radical (unpaired) electrons. The number of nitrogens with two attached hydrogens (primary N) is 1. The topological polar surface area (TPSA) is 102 Å². The van der Waals surface area contributed by atoms with Gasteiger partial charge >= 0.3 is 0 Å². The average molecular weight is 237 g/mol. The predicted molar refractivity (Wildman–Crippen MR) is 61.1 cm³/mol. The Bertz CT molecular complexity index is 394. The van der Waals surface area contributed by atoms with Gasteiger partial charge in [-0.05, 0) is 13.3 Å². The quantitative estimate of drug-likeness (QED) is 0.491. The lowest BCUT2D eigenvalue weighted by atomic mass is 10.1. The molecule has 2 atom stereocenters. The monoisotopic (exact) mass is 237 g/mol. The van der Waals surface area contributed by atoms with E-state index in [1.807, 2.05) is 6.92 Å².